The van der Waals surface area contributed by atoms with Crippen molar-refractivity contribution in [3.8, 4) is 0 Å². The van der Waals surface area contributed by atoms with Gasteiger partial charge in [-0.15, -0.1) is 0 Å². The summed E-state index contributed by atoms with van der Waals surface area (Å²) in [6, 6.07) is 4.15. The van der Waals surface area contributed by atoms with Crippen LogP contribution in [0.5, 0.6) is 0 Å². The van der Waals surface area contributed by atoms with Gasteiger partial charge in [-0.05, 0) is 25.0 Å². The lowest BCUT2D eigenvalue weighted by molar-refractivity contribution is 0.596. The fraction of sp³-hybridized carbons (Fsp3) is 0.500. The Kier molecular flexibility index (Phi) is 2.83. The minimum absolute atomic E-state index is 0.648. The van der Waals surface area contributed by atoms with Crippen molar-refractivity contribution in [3.63, 3.8) is 0 Å². The molecule has 1 unspecified atom stereocenters. The lowest BCUT2D eigenvalue weighted by Gasteiger charge is -2.31. The molecule has 70 valence electrons. The molecule has 2 rings (SSSR count). The smallest absolute Gasteiger partial charge is 0.0397 e. The maximum atomic E-state index is 4.02. The molecule has 1 aliphatic heterocycles. The number of pyridine rings is 1. The number of alkyl halides is 1. The highest BCUT2D eigenvalue weighted by atomic mass is 79.9. The van der Waals surface area contributed by atoms with Gasteiger partial charge < -0.3 is 4.90 Å². The van der Waals surface area contributed by atoms with E-state index in [1.54, 1.807) is 0 Å². The third-order valence-corrected chi connectivity index (χ3v) is 3.14. The van der Waals surface area contributed by atoms with Crippen LogP contribution in [-0.2, 0) is 0 Å². The normalized spacial score (nSPS) is 23.2. The predicted molar refractivity (Wildman–Crippen MR) is 58.4 cm³/mol. The largest absolute Gasteiger partial charge is 0.370 e. The molecule has 0 aromatic carbocycles. The van der Waals surface area contributed by atoms with Crippen LogP contribution in [0.15, 0.2) is 24.5 Å². The van der Waals surface area contributed by atoms with Crippen molar-refractivity contribution >= 4 is 21.6 Å². The molecular formula is C10H13BrN2. The predicted octanol–water partition coefficient (Wildman–Crippen LogP) is 2.45. The molecule has 1 aromatic rings. The number of nitrogens with zero attached hydrogens (tertiary/aromatic N) is 2. The molecule has 1 fully saturated rings. The molecule has 0 spiro atoms. The molecule has 1 atom stereocenters. The summed E-state index contributed by atoms with van der Waals surface area (Å²) in [5.74, 6) is 0. The van der Waals surface area contributed by atoms with Gasteiger partial charge in [-0.3, -0.25) is 4.98 Å². The Labute approximate surface area is 87.1 Å². The van der Waals surface area contributed by atoms with E-state index in [1.165, 1.54) is 25.1 Å². The second-order valence-electron chi connectivity index (χ2n) is 3.39. The maximum Gasteiger partial charge on any atom is 0.0397 e. The average molecular weight is 241 g/mol. The summed E-state index contributed by atoms with van der Waals surface area (Å²) in [7, 11) is 0. The summed E-state index contributed by atoms with van der Waals surface area (Å²) >= 11 is 3.67. The van der Waals surface area contributed by atoms with E-state index in [1.807, 2.05) is 12.4 Å². The molecule has 1 aliphatic rings. The highest BCUT2D eigenvalue weighted by Gasteiger charge is 2.17. The van der Waals surface area contributed by atoms with Gasteiger partial charge in [-0.2, -0.15) is 0 Å². The topological polar surface area (TPSA) is 16.1 Å². The molecule has 13 heavy (non-hydrogen) atoms. The molecule has 0 aliphatic carbocycles. The van der Waals surface area contributed by atoms with E-state index in [2.05, 4.69) is 37.9 Å². The van der Waals surface area contributed by atoms with Crippen LogP contribution < -0.4 is 4.90 Å². The average Bonchev–Trinajstić information content (AvgIpc) is 2.19. The molecule has 2 nitrogen and oxygen atoms in total. The van der Waals surface area contributed by atoms with Gasteiger partial charge >= 0.3 is 0 Å². The van der Waals surface area contributed by atoms with Crippen LogP contribution in [0.3, 0.4) is 0 Å². The second-order valence-corrected chi connectivity index (χ2v) is 4.69. The van der Waals surface area contributed by atoms with Gasteiger partial charge in [0.05, 0.1) is 0 Å². The quantitative estimate of drug-likeness (QED) is 0.702. The van der Waals surface area contributed by atoms with Crippen molar-refractivity contribution in [2.24, 2.45) is 0 Å². The van der Waals surface area contributed by atoms with Gasteiger partial charge in [0.15, 0.2) is 0 Å². The van der Waals surface area contributed by atoms with Crippen molar-refractivity contribution in [2.45, 2.75) is 17.7 Å². The van der Waals surface area contributed by atoms with Gasteiger partial charge in [0, 0.05) is 36.0 Å². The van der Waals surface area contributed by atoms with E-state index in [0.717, 1.165) is 6.54 Å². The zero-order valence-electron chi connectivity index (χ0n) is 7.49. The first-order valence-corrected chi connectivity index (χ1v) is 5.57. The molecule has 0 N–H and O–H groups in total. The van der Waals surface area contributed by atoms with Crippen LogP contribution in [0.25, 0.3) is 0 Å². The number of rotatable bonds is 1. The molecule has 0 bridgehead atoms. The fourth-order valence-corrected chi connectivity index (χ4v) is 2.39. The minimum Gasteiger partial charge on any atom is -0.370 e. The fourth-order valence-electron chi connectivity index (χ4n) is 1.71. The monoisotopic (exact) mass is 240 g/mol. The molecule has 0 saturated carbocycles. The van der Waals surface area contributed by atoms with E-state index in [0.29, 0.717) is 4.83 Å². The van der Waals surface area contributed by atoms with E-state index in [4.69, 9.17) is 0 Å². The number of anilines is 1. The number of aromatic nitrogens is 1. The summed E-state index contributed by atoms with van der Waals surface area (Å²) in [5.41, 5.74) is 1.29. The highest BCUT2D eigenvalue weighted by Crippen LogP contribution is 2.22. The summed E-state index contributed by atoms with van der Waals surface area (Å²) in [4.78, 5) is 7.08. The first-order valence-electron chi connectivity index (χ1n) is 4.65. The van der Waals surface area contributed by atoms with Crippen LogP contribution in [-0.4, -0.2) is 22.9 Å². The van der Waals surface area contributed by atoms with Gasteiger partial charge in [-0.1, -0.05) is 15.9 Å². The Morgan fingerprint density at radius 1 is 1.38 bits per heavy atom. The maximum absolute atomic E-state index is 4.02. The Morgan fingerprint density at radius 3 is 2.85 bits per heavy atom. The first kappa shape index (κ1) is 9.00. The Bertz CT molecular complexity index is 263. The number of hydrogen-bond donors (Lipinski definition) is 0. The zero-order chi connectivity index (χ0) is 9.10. The molecular weight excluding hydrogens is 228 g/mol. The van der Waals surface area contributed by atoms with Gasteiger partial charge in [0.1, 0.15) is 0 Å². The molecule has 3 heteroatoms. The first-order chi connectivity index (χ1) is 6.36. The molecule has 0 amide bonds. The Hall–Kier alpha value is -0.570. The van der Waals surface area contributed by atoms with Crippen LogP contribution in [0.2, 0.25) is 0 Å². The Morgan fingerprint density at radius 2 is 2.15 bits per heavy atom. The molecule has 0 radical (unpaired) electrons. The van der Waals surface area contributed by atoms with Crippen molar-refractivity contribution in [1.29, 1.82) is 0 Å². The van der Waals surface area contributed by atoms with E-state index in [9.17, 15) is 0 Å². The lowest BCUT2D eigenvalue weighted by atomic mass is 10.1. The van der Waals surface area contributed by atoms with Crippen LogP contribution >= 0.6 is 15.9 Å². The van der Waals surface area contributed by atoms with E-state index >= 15 is 0 Å². The van der Waals surface area contributed by atoms with Crippen LogP contribution in [0.4, 0.5) is 5.69 Å². The van der Waals surface area contributed by atoms with Crippen molar-refractivity contribution < 1.29 is 0 Å². The van der Waals surface area contributed by atoms with E-state index < -0.39 is 0 Å². The molecule has 1 aromatic heterocycles. The van der Waals surface area contributed by atoms with Crippen molar-refractivity contribution in [2.75, 3.05) is 18.0 Å². The van der Waals surface area contributed by atoms with Crippen LogP contribution in [0, 0.1) is 0 Å². The molecule has 1 saturated heterocycles. The molecule has 2 heterocycles. The third-order valence-electron chi connectivity index (χ3n) is 2.39. The van der Waals surface area contributed by atoms with Crippen molar-refractivity contribution in [1.82, 2.24) is 4.98 Å². The minimum atomic E-state index is 0.648. The number of piperidine rings is 1. The van der Waals surface area contributed by atoms with Gasteiger partial charge in [0.2, 0.25) is 0 Å². The summed E-state index contributed by atoms with van der Waals surface area (Å²) in [6.45, 7) is 2.29. The summed E-state index contributed by atoms with van der Waals surface area (Å²) < 4.78 is 0. The SMILES string of the molecule is BrC1CCCN(c2ccncc2)C1. The number of hydrogen-bond acceptors (Lipinski definition) is 2. The third kappa shape index (κ3) is 2.21. The van der Waals surface area contributed by atoms with Crippen molar-refractivity contribution in [3.05, 3.63) is 24.5 Å². The zero-order valence-corrected chi connectivity index (χ0v) is 9.07. The standard InChI is InChI=1S/C10H13BrN2/c11-9-2-1-7-13(8-9)10-3-5-12-6-4-10/h3-6,9H,1-2,7-8H2. The summed E-state index contributed by atoms with van der Waals surface area (Å²) in [6.07, 6.45) is 6.28. The second kappa shape index (κ2) is 4.09. The van der Waals surface area contributed by atoms with E-state index in [-0.39, 0.29) is 0 Å². The van der Waals surface area contributed by atoms with Crippen LogP contribution in [0.1, 0.15) is 12.8 Å². The lowest BCUT2D eigenvalue weighted by Crippen LogP contribution is -2.35. The summed E-state index contributed by atoms with van der Waals surface area (Å²) in [5, 5.41) is 0. The van der Waals surface area contributed by atoms with Gasteiger partial charge in [-0.25, -0.2) is 0 Å². The number of halogens is 1. The highest BCUT2D eigenvalue weighted by molar-refractivity contribution is 9.09. The van der Waals surface area contributed by atoms with Gasteiger partial charge in [0.25, 0.3) is 0 Å². The Balaban J connectivity index is 2.08.